The Bertz CT molecular complexity index is 388. The lowest BCUT2D eigenvalue weighted by Crippen LogP contribution is -2.47. The van der Waals surface area contributed by atoms with Crippen molar-refractivity contribution in [2.75, 3.05) is 6.54 Å². The van der Waals surface area contributed by atoms with Gasteiger partial charge in [-0.1, -0.05) is 33.3 Å². The molecule has 1 saturated heterocycles. The smallest absolute Gasteiger partial charge is 0.0463 e. The predicted octanol–water partition coefficient (Wildman–Crippen LogP) is 4.27. The van der Waals surface area contributed by atoms with Crippen LogP contribution in [-0.2, 0) is 0 Å². The molecule has 1 unspecified atom stereocenters. The maximum atomic E-state index is 2.79. The van der Waals surface area contributed by atoms with Gasteiger partial charge in [0.15, 0.2) is 0 Å². The lowest BCUT2D eigenvalue weighted by Gasteiger charge is -2.43. The van der Waals surface area contributed by atoms with Gasteiger partial charge in [0, 0.05) is 17.8 Å². The summed E-state index contributed by atoms with van der Waals surface area (Å²) in [7, 11) is 0. The van der Waals surface area contributed by atoms with Crippen LogP contribution in [0.4, 0.5) is 0 Å². The molecule has 1 atom stereocenters. The predicted molar refractivity (Wildman–Crippen MR) is 72.8 cm³/mol. The van der Waals surface area contributed by atoms with Gasteiger partial charge in [-0.25, -0.2) is 0 Å². The summed E-state index contributed by atoms with van der Waals surface area (Å²) >= 11 is 0. The number of allylic oxidation sites excluding steroid dienone is 2. The highest BCUT2D eigenvalue weighted by molar-refractivity contribution is 5.47. The molecule has 3 aliphatic rings. The second-order valence-electron chi connectivity index (χ2n) is 6.31. The third kappa shape index (κ3) is 1.44. The van der Waals surface area contributed by atoms with Gasteiger partial charge < -0.3 is 4.90 Å². The maximum absolute atomic E-state index is 2.79. The average molecular weight is 231 g/mol. The van der Waals surface area contributed by atoms with E-state index in [-0.39, 0.29) is 0 Å². The van der Waals surface area contributed by atoms with Gasteiger partial charge in [-0.05, 0) is 49.2 Å². The van der Waals surface area contributed by atoms with E-state index < -0.39 is 0 Å². The molecule has 0 aromatic heterocycles. The summed E-state index contributed by atoms with van der Waals surface area (Å²) in [6, 6.07) is 0. The van der Waals surface area contributed by atoms with Gasteiger partial charge >= 0.3 is 0 Å². The largest absolute Gasteiger partial charge is 0.365 e. The molecule has 0 saturated carbocycles. The summed E-state index contributed by atoms with van der Waals surface area (Å²) in [5.41, 5.74) is 5.59. The monoisotopic (exact) mass is 231 g/mol. The zero-order valence-electron chi connectivity index (χ0n) is 11.6. The minimum absolute atomic E-state index is 0.458. The van der Waals surface area contributed by atoms with Gasteiger partial charge in [0.05, 0.1) is 0 Å². The Labute approximate surface area is 106 Å². The van der Waals surface area contributed by atoms with E-state index in [4.69, 9.17) is 0 Å². The van der Waals surface area contributed by atoms with Crippen LogP contribution in [0.25, 0.3) is 0 Å². The Balaban J connectivity index is 2.00. The van der Waals surface area contributed by atoms with Crippen LogP contribution in [0.2, 0.25) is 0 Å². The van der Waals surface area contributed by atoms with Gasteiger partial charge in [0.1, 0.15) is 0 Å². The third-order valence-corrected chi connectivity index (χ3v) is 5.17. The molecular weight excluding hydrogens is 206 g/mol. The Kier molecular flexibility index (Phi) is 2.61. The second-order valence-corrected chi connectivity index (χ2v) is 6.31. The van der Waals surface area contributed by atoms with Crippen molar-refractivity contribution in [1.82, 2.24) is 4.90 Å². The molecule has 0 bridgehead atoms. The fourth-order valence-corrected chi connectivity index (χ4v) is 4.33. The van der Waals surface area contributed by atoms with Gasteiger partial charge in [-0.2, -0.15) is 0 Å². The first-order chi connectivity index (χ1) is 8.19. The summed E-state index contributed by atoms with van der Waals surface area (Å²) in [6.07, 6.45) is 10.5. The molecule has 1 aliphatic carbocycles. The Morgan fingerprint density at radius 2 is 2.18 bits per heavy atom. The summed E-state index contributed by atoms with van der Waals surface area (Å²) in [5, 5.41) is 0. The molecule has 2 aliphatic heterocycles. The average Bonchev–Trinajstić information content (AvgIpc) is 2.85. The molecule has 94 valence electrons. The molecule has 0 radical (unpaired) electrons. The molecule has 17 heavy (non-hydrogen) atoms. The number of hydrogen-bond acceptors (Lipinski definition) is 1. The summed E-state index contributed by atoms with van der Waals surface area (Å²) in [6.45, 7) is 8.47. The van der Waals surface area contributed by atoms with Crippen LogP contribution in [0, 0.1) is 5.92 Å². The first-order valence-electron chi connectivity index (χ1n) is 7.38. The third-order valence-electron chi connectivity index (χ3n) is 5.17. The Morgan fingerprint density at radius 1 is 1.35 bits per heavy atom. The quantitative estimate of drug-likeness (QED) is 0.701. The molecule has 1 nitrogen and oxygen atoms in total. The van der Waals surface area contributed by atoms with Gasteiger partial charge in [0.25, 0.3) is 0 Å². The standard InChI is InChI=1S/C16H25N/c1-4-9-16(12(2)3)11-14-7-5-6-13-8-10-17(16)15(13)14/h6,12H,4-5,7-11H2,1-3H3. The summed E-state index contributed by atoms with van der Waals surface area (Å²) < 4.78 is 0. The van der Waals surface area contributed by atoms with E-state index in [1.165, 1.54) is 45.1 Å². The molecule has 1 heteroatoms. The van der Waals surface area contributed by atoms with E-state index in [1.807, 2.05) is 0 Å². The van der Waals surface area contributed by atoms with Crippen molar-refractivity contribution in [2.45, 2.75) is 64.8 Å². The van der Waals surface area contributed by atoms with Crippen LogP contribution in [0.15, 0.2) is 22.9 Å². The molecule has 0 spiro atoms. The molecule has 1 fully saturated rings. The van der Waals surface area contributed by atoms with E-state index >= 15 is 0 Å². The van der Waals surface area contributed by atoms with Crippen LogP contribution in [0.3, 0.4) is 0 Å². The fourth-order valence-electron chi connectivity index (χ4n) is 4.33. The zero-order valence-corrected chi connectivity index (χ0v) is 11.6. The second kappa shape index (κ2) is 3.90. The van der Waals surface area contributed by atoms with Crippen LogP contribution in [0.1, 0.15) is 59.3 Å². The molecule has 3 rings (SSSR count). The van der Waals surface area contributed by atoms with Crippen LogP contribution < -0.4 is 0 Å². The lowest BCUT2D eigenvalue weighted by atomic mass is 9.77. The van der Waals surface area contributed by atoms with Crippen molar-refractivity contribution in [1.29, 1.82) is 0 Å². The molecule has 2 heterocycles. The molecule has 0 aromatic rings. The van der Waals surface area contributed by atoms with E-state index in [9.17, 15) is 0 Å². The highest BCUT2D eigenvalue weighted by Crippen LogP contribution is 2.53. The summed E-state index contributed by atoms with van der Waals surface area (Å²) in [5.74, 6) is 0.771. The number of hydrogen-bond donors (Lipinski definition) is 0. The van der Waals surface area contributed by atoms with Crippen LogP contribution >= 0.6 is 0 Å². The van der Waals surface area contributed by atoms with Crippen molar-refractivity contribution in [3.63, 3.8) is 0 Å². The van der Waals surface area contributed by atoms with E-state index in [0.717, 1.165) is 5.92 Å². The van der Waals surface area contributed by atoms with Crippen molar-refractivity contribution in [3.05, 3.63) is 22.9 Å². The van der Waals surface area contributed by atoms with Crippen molar-refractivity contribution in [2.24, 2.45) is 5.92 Å². The minimum atomic E-state index is 0.458. The van der Waals surface area contributed by atoms with Crippen molar-refractivity contribution in [3.8, 4) is 0 Å². The first-order valence-corrected chi connectivity index (χ1v) is 7.38. The molecule has 0 amide bonds. The SMILES string of the molecule is CCCC1(C(C)C)CC2=C3C(=CCC2)CCN31. The highest BCUT2D eigenvalue weighted by atomic mass is 15.3. The van der Waals surface area contributed by atoms with E-state index in [0.29, 0.717) is 5.54 Å². The molecule has 0 N–H and O–H groups in total. The Morgan fingerprint density at radius 3 is 2.88 bits per heavy atom. The molecular formula is C16H25N. The van der Waals surface area contributed by atoms with E-state index in [1.54, 1.807) is 16.8 Å². The van der Waals surface area contributed by atoms with Gasteiger partial charge in [-0.3, -0.25) is 0 Å². The fraction of sp³-hybridized carbons (Fsp3) is 0.750. The lowest BCUT2D eigenvalue weighted by molar-refractivity contribution is 0.101. The van der Waals surface area contributed by atoms with Crippen LogP contribution in [0.5, 0.6) is 0 Å². The minimum Gasteiger partial charge on any atom is -0.365 e. The maximum Gasteiger partial charge on any atom is 0.0463 e. The van der Waals surface area contributed by atoms with Gasteiger partial charge in [-0.15, -0.1) is 0 Å². The van der Waals surface area contributed by atoms with Crippen molar-refractivity contribution >= 4 is 0 Å². The highest BCUT2D eigenvalue weighted by Gasteiger charge is 2.49. The van der Waals surface area contributed by atoms with Crippen LogP contribution in [-0.4, -0.2) is 17.0 Å². The first kappa shape index (κ1) is 11.4. The summed E-state index contributed by atoms with van der Waals surface area (Å²) in [4.78, 5) is 2.79. The Hall–Kier alpha value is -0.720. The normalized spacial score (nSPS) is 31.3. The topological polar surface area (TPSA) is 3.24 Å². The van der Waals surface area contributed by atoms with Crippen molar-refractivity contribution < 1.29 is 0 Å². The zero-order chi connectivity index (χ0) is 12.0. The number of rotatable bonds is 3. The molecule has 0 aromatic carbocycles. The van der Waals surface area contributed by atoms with E-state index in [2.05, 4.69) is 31.7 Å². The van der Waals surface area contributed by atoms with Gasteiger partial charge in [0.2, 0.25) is 0 Å². The number of nitrogens with zero attached hydrogens (tertiary/aromatic N) is 1.